The number of nitrogens with zero attached hydrogens (tertiary/aromatic N) is 3. The van der Waals surface area contributed by atoms with Gasteiger partial charge in [0.15, 0.2) is 0 Å². The number of aliphatic hydroxyl groups is 1. The highest BCUT2D eigenvalue weighted by atomic mass is 16.5. The van der Waals surface area contributed by atoms with Gasteiger partial charge in [0.25, 0.3) is 0 Å². The summed E-state index contributed by atoms with van der Waals surface area (Å²) in [6.45, 7) is 1.33. The van der Waals surface area contributed by atoms with Crippen LogP contribution in [0.5, 0.6) is 0 Å². The fourth-order valence-electron chi connectivity index (χ4n) is 1.22. The van der Waals surface area contributed by atoms with Gasteiger partial charge in [-0.15, -0.1) is 0 Å². The number of aromatic nitrogens is 2. The normalized spacial score (nSPS) is 10.5. The molecular weight excluding hydrogens is 224 g/mol. The molecule has 1 aromatic heterocycles. The molecule has 0 saturated heterocycles. The van der Waals surface area contributed by atoms with Crippen LogP contribution in [0.25, 0.3) is 0 Å². The van der Waals surface area contributed by atoms with Gasteiger partial charge < -0.3 is 20.5 Å². The Bertz CT molecular complexity index is 353. The highest BCUT2D eigenvalue weighted by Crippen LogP contribution is 1.98. The largest absolute Gasteiger partial charge is 0.396 e. The van der Waals surface area contributed by atoms with Gasteiger partial charge in [-0.1, -0.05) is 0 Å². The van der Waals surface area contributed by atoms with Gasteiger partial charge in [0, 0.05) is 19.8 Å². The van der Waals surface area contributed by atoms with Gasteiger partial charge in [-0.2, -0.15) is 5.10 Å². The van der Waals surface area contributed by atoms with E-state index in [4.69, 9.17) is 15.6 Å². The van der Waals surface area contributed by atoms with Crippen LogP contribution in [-0.2, 0) is 16.1 Å². The molecule has 17 heavy (non-hydrogen) atoms. The molecule has 0 aliphatic heterocycles. The Morgan fingerprint density at radius 3 is 3.00 bits per heavy atom. The summed E-state index contributed by atoms with van der Waals surface area (Å²) >= 11 is 0. The van der Waals surface area contributed by atoms with Crippen molar-refractivity contribution >= 4 is 11.6 Å². The van der Waals surface area contributed by atoms with Crippen LogP contribution < -0.4 is 5.73 Å². The molecule has 0 bridgehead atoms. The van der Waals surface area contributed by atoms with Crippen molar-refractivity contribution in [2.24, 2.45) is 0 Å². The Labute approximate surface area is 99.8 Å². The lowest BCUT2D eigenvalue weighted by molar-refractivity contribution is -0.131. The molecule has 0 aliphatic carbocycles. The molecular formula is C10H18N4O3. The molecule has 0 spiro atoms. The van der Waals surface area contributed by atoms with E-state index in [1.165, 1.54) is 10.9 Å². The molecule has 7 heteroatoms. The van der Waals surface area contributed by atoms with E-state index < -0.39 is 0 Å². The number of aliphatic hydroxyl groups excluding tert-OH is 1. The van der Waals surface area contributed by atoms with Crippen molar-refractivity contribution in [3.8, 4) is 0 Å². The number of hydrogen-bond acceptors (Lipinski definition) is 5. The van der Waals surface area contributed by atoms with Gasteiger partial charge in [-0.3, -0.25) is 9.48 Å². The molecule has 0 fully saturated rings. The van der Waals surface area contributed by atoms with E-state index in [9.17, 15) is 4.79 Å². The third-order valence-corrected chi connectivity index (χ3v) is 2.18. The zero-order valence-electron chi connectivity index (χ0n) is 9.87. The monoisotopic (exact) mass is 242 g/mol. The SMILES string of the molecule is CN(CCOCCO)C(=O)Cn1cc(N)cn1. The first-order valence-electron chi connectivity index (χ1n) is 5.34. The van der Waals surface area contributed by atoms with Crippen LogP contribution in [0.2, 0.25) is 0 Å². The summed E-state index contributed by atoms with van der Waals surface area (Å²) in [5.74, 6) is -0.0688. The van der Waals surface area contributed by atoms with Gasteiger partial charge in [-0.05, 0) is 0 Å². The van der Waals surface area contributed by atoms with Crippen molar-refractivity contribution < 1.29 is 14.6 Å². The summed E-state index contributed by atoms with van der Waals surface area (Å²) in [7, 11) is 1.69. The standard InChI is InChI=1S/C10H18N4O3/c1-13(2-4-17-5-3-15)10(16)8-14-7-9(11)6-12-14/h6-7,15H,2-5,8,11H2,1H3. The van der Waals surface area contributed by atoms with E-state index in [1.54, 1.807) is 18.1 Å². The maximum Gasteiger partial charge on any atom is 0.244 e. The number of hydrogen-bond donors (Lipinski definition) is 2. The van der Waals surface area contributed by atoms with Gasteiger partial charge in [-0.25, -0.2) is 0 Å². The second kappa shape index (κ2) is 6.87. The average molecular weight is 242 g/mol. The summed E-state index contributed by atoms with van der Waals surface area (Å²) in [4.78, 5) is 13.3. The number of nitrogens with two attached hydrogens (primary N) is 1. The Morgan fingerprint density at radius 2 is 2.41 bits per heavy atom. The minimum absolute atomic E-state index is 0.00970. The highest BCUT2D eigenvalue weighted by molar-refractivity contribution is 5.75. The lowest BCUT2D eigenvalue weighted by atomic mass is 10.5. The van der Waals surface area contributed by atoms with Crippen molar-refractivity contribution in [2.75, 3.05) is 39.1 Å². The van der Waals surface area contributed by atoms with Gasteiger partial charge in [0.1, 0.15) is 6.54 Å². The van der Waals surface area contributed by atoms with Crippen molar-refractivity contribution in [1.82, 2.24) is 14.7 Å². The average Bonchev–Trinajstić information content (AvgIpc) is 2.70. The van der Waals surface area contributed by atoms with Crippen LogP contribution in [0.1, 0.15) is 0 Å². The van der Waals surface area contributed by atoms with Gasteiger partial charge in [0.2, 0.25) is 5.91 Å². The van der Waals surface area contributed by atoms with E-state index in [0.29, 0.717) is 18.8 Å². The van der Waals surface area contributed by atoms with E-state index in [1.807, 2.05) is 0 Å². The minimum atomic E-state index is -0.0688. The Hall–Kier alpha value is -1.60. The first-order chi connectivity index (χ1) is 8.13. The second-order valence-electron chi connectivity index (χ2n) is 3.62. The van der Waals surface area contributed by atoms with Crippen LogP contribution in [0.3, 0.4) is 0 Å². The summed E-state index contributed by atoms with van der Waals surface area (Å²) < 4.78 is 6.56. The predicted octanol–water partition coefficient (Wildman–Crippen LogP) is -1.07. The smallest absolute Gasteiger partial charge is 0.244 e. The van der Waals surface area contributed by atoms with Crippen molar-refractivity contribution in [3.05, 3.63) is 12.4 Å². The van der Waals surface area contributed by atoms with Crippen LogP contribution in [0, 0.1) is 0 Å². The van der Waals surface area contributed by atoms with Crippen molar-refractivity contribution in [2.45, 2.75) is 6.54 Å². The first kappa shape index (κ1) is 13.5. The lowest BCUT2D eigenvalue weighted by Crippen LogP contribution is -2.33. The number of anilines is 1. The van der Waals surface area contributed by atoms with Crippen LogP contribution >= 0.6 is 0 Å². The number of ether oxygens (including phenoxy) is 1. The molecule has 1 aromatic rings. The summed E-state index contributed by atoms with van der Waals surface area (Å²) in [6.07, 6.45) is 3.10. The van der Waals surface area contributed by atoms with Crippen molar-refractivity contribution in [1.29, 1.82) is 0 Å². The van der Waals surface area contributed by atoms with E-state index in [2.05, 4.69) is 5.10 Å². The molecule has 1 amide bonds. The maximum atomic E-state index is 11.7. The number of likely N-dealkylation sites (N-methyl/N-ethyl adjacent to an activating group) is 1. The molecule has 1 heterocycles. The molecule has 3 N–H and O–H groups in total. The quantitative estimate of drug-likeness (QED) is 0.594. The fraction of sp³-hybridized carbons (Fsp3) is 0.600. The summed E-state index contributed by atoms with van der Waals surface area (Å²) in [5, 5.41) is 12.4. The predicted molar refractivity (Wildman–Crippen MR) is 62.2 cm³/mol. The number of amides is 1. The summed E-state index contributed by atoms with van der Waals surface area (Å²) in [6, 6.07) is 0. The van der Waals surface area contributed by atoms with E-state index in [-0.39, 0.29) is 25.7 Å². The molecule has 0 aromatic carbocycles. The number of carbonyl (C=O) groups is 1. The summed E-state index contributed by atoms with van der Waals surface area (Å²) in [5.41, 5.74) is 6.03. The molecule has 7 nitrogen and oxygen atoms in total. The molecule has 0 atom stereocenters. The Balaban J connectivity index is 2.27. The zero-order chi connectivity index (χ0) is 12.7. The minimum Gasteiger partial charge on any atom is -0.396 e. The Morgan fingerprint density at radius 1 is 1.65 bits per heavy atom. The fourth-order valence-corrected chi connectivity index (χ4v) is 1.22. The third kappa shape index (κ3) is 4.83. The number of nitrogen functional groups attached to an aromatic ring is 1. The Kier molecular flexibility index (Phi) is 5.44. The maximum absolute atomic E-state index is 11.7. The van der Waals surface area contributed by atoms with Crippen molar-refractivity contribution in [3.63, 3.8) is 0 Å². The molecule has 0 unspecified atom stereocenters. The lowest BCUT2D eigenvalue weighted by Gasteiger charge is -2.16. The van der Waals surface area contributed by atoms with Crippen LogP contribution in [-0.4, -0.2) is 59.1 Å². The highest BCUT2D eigenvalue weighted by Gasteiger charge is 2.09. The molecule has 1 rings (SSSR count). The number of rotatable bonds is 7. The molecule has 0 saturated carbocycles. The third-order valence-electron chi connectivity index (χ3n) is 2.18. The van der Waals surface area contributed by atoms with E-state index in [0.717, 1.165) is 0 Å². The van der Waals surface area contributed by atoms with Gasteiger partial charge in [0.05, 0.1) is 31.7 Å². The first-order valence-corrected chi connectivity index (χ1v) is 5.34. The molecule has 96 valence electrons. The molecule has 0 radical (unpaired) electrons. The zero-order valence-corrected chi connectivity index (χ0v) is 9.87. The number of carbonyl (C=O) groups excluding carboxylic acids is 1. The van der Waals surface area contributed by atoms with Crippen LogP contribution in [0.4, 0.5) is 5.69 Å². The van der Waals surface area contributed by atoms with Crippen LogP contribution in [0.15, 0.2) is 12.4 Å². The molecule has 0 aliphatic rings. The second-order valence-corrected chi connectivity index (χ2v) is 3.62. The van der Waals surface area contributed by atoms with E-state index >= 15 is 0 Å². The van der Waals surface area contributed by atoms with Gasteiger partial charge >= 0.3 is 0 Å². The topological polar surface area (TPSA) is 93.6 Å².